The molecule has 0 radical (unpaired) electrons. The molecule has 2 aromatic rings. The van der Waals surface area contributed by atoms with Crippen molar-refractivity contribution < 1.29 is 8.78 Å². The number of rotatable bonds is 5. The van der Waals surface area contributed by atoms with Crippen LogP contribution in [0.15, 0.2) is 47.6 Å². The minimum Gasteiger partial charge on any atom is -0.337 e. The summed E-state index contributed by atoms with van der Waals surface area (Å²) >= 11 is 1.45. The lowest BCUT2D eigenvalue weighted by Gasteiger charge is -1.96. The van der Waals surface area contributed by atoms with E-state index in [1.807, 2.05) is 37.3 Å². The molecule has 1 N–H and O–H groups in total. The van der Waals surface area contributed by atoms with Crippen LogP contribution in [-0.2, 0) is 0 Å². The van der Waals surface area contributed by atoms with Crippen molar-refractivity contribution in [1.82, 2.24) is 9.97 Å². The number of allylic oxidation sites excluding steroid dienone is 1. The van der Waals surface area contributed by atoms with E-state index in [9.17, 15) is 8.78 Å². The summed E-state index contributed by atoms with van der Waals surface area (Å²) in [7, 11) is 0. The zero-order valence-electron chi connectivity index (χ0n) is 10.5. The van der Waals surface area contributed by atoms with Crippen molar-refractivity contribution >= 4 is 11.8 Å². The summed E-state index contributed by atoms with van der Waals surface area (Å²) in [6.07, 6.45) is -0.352. The van der Waals surface area contributed by atoms with Crippen LogP contribution in [0.4, 0.5) is 8.78 Å². The molecule has 5 heteroatoms. The number of halogens is 2. The Morgan fingerprint density at radius 1 is 1.32 bits per heavy atom. The quantitative estimate of drug-likeness (QED) is 0.638. The molecule has 2 nitrogen and oxygen atoms in total. The molecule has 0 aliphatic rings. The zero-order valence-corrected chi connectivity index (χ0v) is 11.3. The Hall–Kier alpha value is -1.62. The minimum atomic E-state index is -1.62. The molecule has 2 rings (SSSR count). The van der Waals surface area contributed by atoms with Gasteiger partial charge in [-0.3, -0.25) is 0 Å². The van der Waals surface area contributed by atoms with Crippen LogP contribution in [0, 0.1) is 6.92 Å². The monoisotopic (exact) mass is 280 g/mol. The third-order valence-corrected chi connectivity index (χ3v) is 3.47. The number of aryl methyl sites for hydroxylation is 1. The number of H-pyrrole nitrogens is 1. The fourth-order valence-corrected chi connectivity index (χ4v) is 2.51. The molecule has 0 unspecified atom stereocenters. The van der Waals surface area contributed by atoms with Crippen molar-refractivity contribution in [3.05, 3.63) is 48.2 Å². The highest BCUT2D eigenvalue weighted by Crippen LogP contribution is 2.25. The average molecular weight is 280 g/mol. The van der Waals surface area contributed by atoms with Crippen molar-refractivity contribution in [2.75, 3.05) is 5.75 Å². The van der Waals surface area contributed by atoms with Gasteiger partial charge in [0.25, 0.3) is 6.08 Å². The van der Waals surface area contributed by atoms with Crippen LogP contribution in [0.5, 0.6) is 0 Å². The maximum atomic E-state index is 11.9. The Morgan fingerprint density at radius 3 is 2.74 bits per heavy atom. The molecule has 0 bridgehead atoms. The fraction of sp³-hybridized carbons (Fsp3) is 0.214. The van der Waals surface area contributed by atoms with Gasteiger partial charge in [-0.25, -0.2) is 4.98 Å². The fourth-order valence-electron chi connectivity index (χ4n) is 1.70. The van der Waals surface area contributed by atoms with Crippen LogP contribution in [0.1, 0.15) is 12.1 Å². The first-order chi connectivity index (χ1) is 9.16. The molecule has 0 amide bonds. The van der Waals surface area contributed by atoms with Gasteiger partial charge in [0.05, 0.1) is 5.69 Å². The zero-order chi connectivity index (χ0) is 13.7. The lowest BCUT2D eigenvalue weighted by atomic mass is 10.1. The maximum absolute atomic E-state index is 11.9. The van der Waals surface area contributed by atoms with Crippen molar-refractivity contribution in [2.24, 2.45) is 0 Å². The molecule has 0 atom stereocenters. The van der Waals surface area contributed by atoms with E-state index in [0.29, 0.717) is 12.2 Å². The van der Waals surface area contributed by atoms with Crippen molar-refractivity contribution in [3.63, 3.8) is 0 Å². The van der Waals surface area contributed by atoms with Gasteiger partial charge in [0.2, 0.25) is 0 Å². The molecule has 1 heterocycles. The number of hydrogen-bond acceptors (Lipinski definition) is 2. The highest BCUT2D eigenvalue weighted by Gasteiger charge is 2.08. The molecular weight excluding hydrogens is 266 g/mol. The third kappa shape index (κ3) is 3.92. The Morgan fingerprint density at radius 2 is 2.05 bits per heavy atom. The summed E-state index contributed by atoms with van der Waals surface area (Å²) < 4.78 is 23.8. The number of nitrogens with one attached hydrogen (secondary N) is 1. The molecule has 19 heavy (non-hydrogen) atoms. The number of hydrogen-bond donors (Lipinski definition) is 1. The van der Waals surface area contributed by atoms with Crippen molar-refractivity contribution in [1.29, 1.82) is 0 Å². The second-order valence-electron chi connectivity index (χ2n) is 4.01. The molecule has 1 aromatic heterocycles. The predicted octanol–water partition coefficient (Wildman–Crippen LogP) is 4.65. The summed E-state index contributed by atoms with van der Waals surface area (Å²) in [4.78, 5) is 7.67. The molecule has 0 saturated heterocycles. The molecule has 0 saturated carbocycles. The summed E-state index contributed by atoms with van der Waals surface area (Å²) in [6, 6.07) is 9.88. The summed E-state index contributed by atoms with van der Waals surface area (Å²) in [5.74, 6) is 0.582. The number of benzene rings is 1. The second kappa shape index (κ2) is 6.52. The molecule has 1 aromatic carbocycles. The van der Waals surface area contributed by atoms with E-state index in [2.05, 4.69) is 9.97 Å². The maximum Gasteiger partial charge on any atom is 0.266 e. The predicted molar refractivity (Wildman–Crippen MR) is 74.4 cm³/mol. The van der Waals surface area contributed by atoms with Crippen LogP contribution in [-0.4, -0.2) is 15.7 Å². The SMILES string of the molecule is Cc1[nH]c(SCCC=C(F)F)nc1-c1ccccc1. The van der Waals surface area contributed by atoms with E-state index in [1.165, 1.54) is 11.8 Å². The van der Waals surface area contributed by atoms with Gasteiger partial charge in [0.1, 0.15) is 0 Å². The Labute approximate surface area is 115 Å². The van der Waals surface area contributed by atoms with Gasteiger partial charge in [-0.05, 0) is 19.4 Å². The summed E-state index contributed by atoms with van der Waals surface area (Å²) in [6.45, 7) is 1.96. The number of imidazole rings is 1. The summed E-state index contributed by atoms with van der Waals surface area (Å²) in [5, 5.41) is 0.768. The molecule has 0 aliphatic carbocycles. The van der Waals surface area contributed by atoms with Crippen molar-refractivity contribution in [2.45, 2.75) is 18.5 Å². The number of aromatic amines is 1. The van der Waals surface area contributed by atoms with E-state index in [0.717, 1.165) is 28.2 Å². The van der Waals surface area contributed by atoms with Crippen molar-refractivity contribution in [3.8, 4) is 11.3 Å². The Kier molecular flexibility index (Phi) is 4.74. The van der Waals surface area contributed by atoms with E-state index in [1.54, 1.807) is 0 Å². The smallest absolute Gasteiger partial charge is 0.266 e. The lowest BCUT2D eigenvalue weighted by Crippen LogP contribution is -1.80. The normalized spacial score (nSPS) is 10.5. The standard InChI is InChI=1S/C14H14F2N2S/c1-10-13(11-6-3-2-4-7-11)18-14(17-10)19-9-5-8-12(15)16/h2-4,6-8H,5,9H2,1H3,(H,17,18). The van der Waals surface area contributed by atoms with Gasteiger partial charge in [-0.2, -0.15) is 8.78 Å². The Bertz CT molecular complexity index is 560. The molecule has 100 valence electrons. The van der Waals surface area contributed by atoms with Crippen LogP contribution in [0.25, 0.3) is 11.3 Å². The van der Waals surface area contributed by atoms with E-state index >= 15 is 0 Å². The number of aromatic nitrogens is 2. The molecule has 0 spiro atoms. The largest absolute Gasteiger partial charge is 0.337 e. The van der Waals surface area contributed by atoms with Gasteiger partial charge in [-0.1, -0.05) is 42.1 Å². The van der Waals surface area contributed by atoms with Crippen LogP contribution in [0.3, 0.4) is 0 Å². The first-order valence-corrected chi connectivity index (χ1v) is 6.91. The van der Waals surface area contributed by atoms with Gasteiger partial charge in [-0.15, -0.1) is 0 Å². The molecule has 0 fully saturated rings. The van der Waals surface area contributed by atoms with E-state index < -0.39 is 6.08 Å². The number of nitrogens with zero attached hydrogens (tertiary/aromatic N) is 1. The number of thioether (sulfide) groups is 1. The summed E-state index contributed by atoms with van der Waals surface area (Å²) in [5.41, 5.74) is 2.95. The lowest BCUT2D eigenvalue weighted by molar-refractivity contribution is 0.418. The van der Waals surface area contributed by atoms with E-state index in [-0.39, 0.29) is 0 Å². The van der Waals surface area contributed by atoms with Crippen LogP contribution < -0.4 is 0 Å². The molecular formula is C14H14F2N2S. The third-order valence-electron chi connectivity index (χ3n) is 2.57. The van der Waals surface area contributed by atoms with Gasteiger partial charge < -0.3 is 4.98 Å². The Balaban J connectivity index is 2.03. The highest BCUT2D eigenvalue weighted by atomic mass is 32.2. The average Bonchev–Trinajstić information content (AvgIpc) is 2.77. The van der Waals surface area contributed by atoms with E-state index in [4.69, 9.17) is 0 Å². The van der Waals surface area contributed by atoms with Gasteiger partial charge in [0, 0.05) is 17.0 Å². The van der Waals surface area contributed by atoms with Gasteiger partial charge >= 0.3 is 0 Å². The van der Waals surface area contributed by atoms with Crippen LogP contribution in [0.2, 0.25) is 0 Å². The first kappa shape index (κ1) is 13.8. The second-order valence-corrected chi connectivity index (χ2v) is 5.10. The highest BCUT2D eigenvalue weighted by molar-refractivity contribution is 7.99. The minimum absolute atomic E-state index is 0.341. The van der Waals surface area contributed by atoms with Crippen LogP contribution >= 0.6 is 11.8 Å². The van der Waals surface area contributed by atoms with Gasteiger partial charge in [0.15, 0.2) is 5.16 Å². The molecule has 0 aliphatic heterocycles. The topological polar surface area (TPSA) is 28.7 Å². The first-order valence-electron chi connectivity index (χ1n) is 5.93.